The summed E-state index contributed by atoms with van der Waals surface area (Å²) in [5.74, 6) is -0.286. The number of rotatable bonds is 5. The van der Waals surface area contributed by atoms with E-state index in [4.69, 9.17) is 5.73 Å². The van der Waals surface area contributed by atoms with Gasteiger partial charge in [0, 0.05) is 29.8 Å². The van der Waals surface area contributed by atoms with Crippen LogP contribution >= 0.6 is 0 Å². The van der Waals surface area contributed by atoms with E-state index in [1.54, 1.807) is 6.20 Å². The summed E-state index contributed by atoms with van der Waals surface area (Å²) in [6, 6.07) is 0.241. The van der Waals surface area contributed by atoms with Crippen molar-refractivity contribution in [3.63, 3.8) is 0 Å². The number of hydrogen-bond donors (Lipinski definition) is 3. The molecule has 1 heterocycles. The Morgan fingerprint density at radius 2 is 2.33 bits per heavy atom. The zero-order valence-electron chi connectivity index (χ0n) is 9.37. The van der Waals surface area contributed by atoms with Gasteiger partial charge in [-0.05, 0) is 20.8 Å². The lowest BCUT2D eigenvalue weighted by atomic mass is 10.1. The van der Waals surface area contributed by atoms with Gasteiger partial charge in [-0.15, -0.1) is 0 Å². The Labute approximate surface area is 89.4 Å². The molecule has 1 amide bonds. The third-order valence-electron chi connectivity index (χ3n) is 2.38. The molecule has 0 fully saturated rings. The lowest BCUT2D eigenvalue weighted by Crippen LogP contribution is -2.33. The highest BCUT2D eigenvalue weighted by Gasteiger charge is 2.13. The monoisotopic (exact) mass is 210 g/mol. The fraction of sp³-hybridized carbons (Fsp3) is 0.600. The molecule has 1 rings (SSSR count). The van der Waals surface area contributed by atoms with Gasteiger partial charge in [-0.25, -0.2) is 0 Å². The molecule has 0 aliphatic heterocycles. The molecule has 5 heteroatoms. The largest absolute Gasteiger partial charge is 0.370 e. The van der Waals surface area contributed by atoms with Crippen LogP contribution in [0.3, 0.4) is 0 Å². The van der Waals surface area contributed by atoms with Crippen molar-refractivity contribution in [2.45, 2.75) is 39.3 Å². The summed E-state index contributed by atoms with van der Waals surface area (Å²) in [6.45, 7) is 5.95. The Hall–Kier alpha value is -1.36. The topological polar surface area (TPSA) is 83.8 Å². The molecule has 84 valence electrons. The second-order valence-corrected chi connectivity index (χ2v) is 3.91. The van der Waals surface area contributed by atoms with Crippen LogP contribution in [0.5, 0.6) is 0 Å². The zero-order chi connectivity index (χ0) is 11.4. The van der Waals surface area contributed by atoms with Gasteiger partial charge in [-0.2, -0.15) is 5.10 Å². The molecule has 5 nitrogen and oxygen atoms in total. The Bertz CT molecular complexity index is 334. The second-order valence-electron chi connectivity index (χ2n) is 3.91. The Morgan fingerprint density at radius 1 is 1.67 bits per heavy atom. The number of nitrogens with one attached hydrogen (secondary N) is 2. The quantitative estimate of drug-likeness (QED) is 0.666. The lowest BCUT2D eigenvalue weighted by Gasteiger charge is -2.18. The van der Waals surface area contributed by atoms with E-state index >= 15 is 0 Å². The molecule has 0 aliphatic carbocycles. The van der Waals surface area contributed by atoms with E-state index in [0.29, 0.717) is 6.42 Å². The van der Waals surface area contributed by atoms with Gasteiger partial charge in [-0.3, -0.25) is 9.89 Å². The maximum atomic E-state index is 10.7. The average Bonchev–Trinajstić information content (AvgIpc) is 2.49. The highest BCUT2D eigenvalue weighted by atomic mass is 16.1. The third-order valence-corrected chi connectivity index (χ3v) is 2.38. The predicted octanol–water partition coefficient (Wildman–Crippen LogP) is 0.633. The molecular weight excluding hydrogens is 192 g/mol. The van der Waals surface area contributed by atoms with Gasteiger partial charge < -0.3 is 11.1 Å². The fourth-order valence-corrected chi connectivity index (χ4v) is 1.67. The van der Waals surface area contributed by atoms with Crippen LogP contribution in [0.4, 0.5) is 0 Å². The summed E-state index contributed by atoms with van der Waals surface area (Å²) >= 11 is 0. The van der Waals surface area contributed by atoms with Gasteiger partial charge in [0.15, 0.2) is 0 Å². The van der Waals surface area contributed by atoms with E-state index in [-0.39, 0.29) is 18.0 Å². The summed E-state index contributed by atoms with van der Waals surface area (Å²) in [5, 5.41) is 10.1. The maximum absolute atomic E-state index is 10.7. The number of nitrogens with zero attached hydrogens (tertiary/aromatic N) is 1. The SMILES string of the molecule is Cc1[nH]ncc1C(C)NC(C)CC(N)=O. The first-order valence-electron chi connectivity index (χ1n) is 5.05. The van der Waals surface area contributed by atoms with Crippen molar-refractivity contribution in [2.24, 2.45) is 5.73 Å². The van der Waals surface area contributed by atoms with E-state index < -0.39 is 0 Å². The summed E-state index contributed by atoms with van der Waals surface area (Å²) in [7, 11) is 0. The van der Waals surface area contributed by atoms with Crippen LogP contribution in [0.25, 0.3) is 0 Å². The normalized spacial score (nSPS) is 14.9. The summed E-state index contributed by atoms with van der Waals surface area (Å²) in [5.41, 5.74) is 7.28. The van der Waals surface area contributed by atoms with Crippen molar-refractivity contribution in [3.05, 3.63) is 17.5 Å². The zero-order valence-corrected chi connectivity index (χ0v) is 9.37. The minimum atomic E-state index is -0.286. The second kappa shape index (κ2) is 4.93. The van der Waals surface area contributed by atoms with Gasteiger partial charge >= 0.3 is 0 Å². The number of aromatic amines is 1. The first-order valence-corrected chi connectivity index (χ1v) is 5.05. The number of aromatic nitrogens is 2. The highest BCUT2D eigenvalue weighted by Crippen LogP contribution is 2.15. The molecule has 1 aromatic rings. The van der Waals surface area contributed by atoms with Crippen molar-refractivity contribution < 1.29 is 4.79 Å². The number of carbonyl (C=O) groups excluding carboxylic acids is 1. The number of primary amides is 1. The number of H-pyrrole nitrogens is 1. The van der Waals surface area contributed by atoms with Crippen molar-refractivity contribution >= 4 is 5.91 Å². The van der Waals surface area contributed by atoms with E-state index in [9.17, 15) is 4.79 Å². The van der Waals surface area contributed by atoms with Crippen molar-refractivity contribution in [3.8, 4) is 0 Å². The lowest BCUT2D eigenvalue weighted by molar-refractivity contribution is -0.118. The standard InChI is InChI=1S/C10H18N4O/c1-6(4-10(11)15)13-7(2)9-5-12-14-8(9)3/h5-7,13H,4H2,1-3H3,(H2,11,15)(H,12,14). The van der Waals surface area contributed by atoms with Gasteiger partial charge in [-0.1, -0.05) is 0 Å². The molecule has 15 heavy (non-hydrogen) atoms. The molecule has 0 bridgehead atoms. The molecular formula is C10H18N4O. The Morgan fingerprint density at radius 3 is 2.80 bits per heavy atom. The third kappa shape index (κ3) is 3.36. The van der Waals surface area contributed by atoms with Crippen LogP contribution in [-0.2, 0) is 4.79 Å². The van der Waals surface area contributed by atoms with Crippen molar-refractivity contribution in [1.29, 1.82) is 0 Å². The first kappa shape index (κ1) is 11.7. The van der Waals surface area contributed by atoms with Gasteiger partial charge in [0.1, 0.15) is 0 Å². The molecule has 2 unspecified atom stereocenters. The van der Waals surface area contributed by atoms with Crippen LogP contribution in [-0.4, -0.2) is 22.1 Å². The summed E-state index contributed by atoms with van der Waals surface area (Å²) in [6.07, 6.45) is 2.14. The minimum absolute atomic E-state index is 0.0757. The van der Waals surface area contributed by atoms with Gasteiger partial charge in [0.05, 0.1) is 6.20 Å². The van der Waals surface area contributed by atoms with Crippen molar-refractivity contribution in [2.75, 3.05) is 0 Å². The smallest absolute Gasteiger partial charge is 0.218 e. The Balaban J connectivity index is 2.52. The fourth-order valence-electron chi connectivity index (χ4n) is 1.67. The number of aryl methyl sites for hydroxylation is 1. The van der Waals surface area contributed by atoms with Crippen LogP contribution in [0.1, 0.15) is 37.6 Å². The molecule has 0 saturated carbocycles. The van der Waals surface area contributed by atoms with E-state index in [2.05, 4.69) is 15.5 Å². The molecule has 0 aliphatic rings. The number of hydrogen-bond acceptors (Lipinski definition) is 3. The molecule has 0 spiro atoms. The van der Waals surface area contributed by atoms with Gasteiger partial charge in [0.25, 0.3) is 0 Å². The Kier molecular flexibility index (Phi) is 3.85. The van der Waals surface area contributed by atoms with Crippen LogP contribution in [0, 0.1) is 6.92 Å². The van der Waals surface area contributed by atoms with E-state index in [1.165, 1.54) is 0 Å². The molecule has 0 aromatic carbocycles. The molecule has 2 atom stereocenters. The van der Waals surface area contributed by atoms with Crippen molar-refractivity contribution in [1.82, 2.24) is 15.5 Å². The summed E-state index contributed by atoms with van der Waals surface area (Å²) in [4.78, 5) is 10.7. The predicted molar refractivity (Wildman–Crippen MR) is 58.1 cm³/mol. The molecule has 0 saturated heterocycles. The number of nitrogens with two attached hydrogens (primary N) is 1. The molecule has 1 aromatic heterocycles. The van der Waals surface area contributed by atoms with E-state index in [1.807, 2.05) is 20.8 Å². The van der Waals surface area contributed by atoms with Crippen LogP contribution < -0.4 is 11.1 Å². The minimum Gasteiger partial charge on any atom is -0.370 e. The average molecular weight is 210 g/mol. The van der Waals surface area contributed by atoms with E-state index in [0.717, 1.165) is 11.3 Å². The van der Waals surface area contributed by atoms with Crippen LogP contribution in [0.2, 0.25) is 0 Å². The number of amides is 1. The maximum Gasteiger partial charge on any atom is 0.218 e. The van der Waals surface area contributed by atoms with Crippen LogP contribution in [0.15, 0.2) is 6.20 Å². The summed E-state index contributed by atoms with van der Waals surface area (Å²) < 4.78 is 0. The molecule has 0 radical (unpaired) electrons. The highest BCUT2D eigenvalue weighted by molar-refractivity contribution is 5.74. The molecule has 4 N–H and O–H groups in total. The van der Waals surface area contributed by atoms with Gasteiger partial charge in [0.2, 0.25) is 5.91 Å². The number of carbonyl (C=O) groups is 1. The first-order chi connectivity index (χ1) is 7.00.